The van der Waals surface area contributed by atoms with Gasteiger partial charge < -0.3 is 0 Å². The van der Waals surface area contributed by atoms with Crippen molar-refractivity contribution in [2.45, 2.75) is 32.9 Å². The minimum Gasteiger partial charge on any atom is -0.295 e. The fourth-order valence-electron chi connectivity index (χ4n) is 1.39. The molecule has 1 aromatic heterocycles. The van der Waals surface area contributed by atoms with Crippen LogP contribution in [0.4, 0.5) is 0 Å². The Bertz CT molecular complexity index is 374. The fourth-order valence-corrected chi connectivity index (χ4v) is 2.04. The van der Waals surface area contributed by atoms with Gasteiger partial charge in [-0.05, 0) is 27.8 Å². The van der Waals surface area contributed by atoms with Crippen molar-refractivity contribution in [2.75, 3.05) is 12.4 Å². The number of hydrogen-bond donors (Lipinski definition) is 0. The lowest BCUT2D eigenvalue weighted by Gasteiger charge is -2.34. The van der Waals surface area contributed by atoms with E-state index in [-0.39, 0.29) is 5.54 Å². The van der Waals surface area contributed by atoms with Gasteiger partial charge in [-0.1, -0.05) is 27.5 Å². The quantitative estimate of drug-likeness (QED) is 0.797. The number of nitrogens with zero attached hydrogens (tertiary/aromatic N) is 3. The van der Waals surface area contributed by atoms with Crippen molar-refractivity contribution in [3.8, 4) is 0 Å². The van der Waals surface area contributed by atoms with Crippen LogP contribution in [0.2, 0.25) is 5.02 Å². The van der Waals surface area contributed by atoms with Gasteiger partial charge in [0.15, 0.2) is 0 Å². The van der Waals surface area contributed by atoms with Crippen LogP contribution in [-0.2, 0) is 13.6 Å². The van der Waals surface area contributed by atoms with Crippen molar-refractivity contribution in [1.82, 2.24) is 14.7 Å². The zero-order valence-corrected chi connectivity index (χ0v) is 12.9. The molecule has 1 aromatic rings. The molecule has 0 bridgehead atoms. The van der Waals surface area contributed by atoms with Gasteiger partial charge in [0.1, 0.15) is 0 Å². The molecule has 1 rings (SSSR count). The Morgan fingerprint density at radius 3 is 2.44 bits per heavy atom. The molecule has 0 saturated heterocycles. The lowest BCUT2D eigenvalue weighted by Crippen LogP contribution is -2.42. The summed E-state index contributed by atoms with van der Waals surface area (Å²) in [5.41, 5.74) is 2.06. The van der Waals surface area contributed by atoms with Crippen LogP contribution >= 0.6 is 27.5 Å². The minimum atomic E-state index is 0.0987. The predicted molar refractivity (Wildman–Crippen MR) is 72.3 cm³/mol. The molecule has 0 radical (unpaired) electrons. The van der Waals surface area contributed by atoms with E-state index in [4.69, 9.17) is 11.6 Å². The van der Waals surface area contributed by atoms with E-state index < -0.39 is 0 Å². The van der Waals surface area contributed by atoms with E-state index in [0.29, 0.717) is 0 Å². The zero-order valence-electron chi connectivity index (χ0n) is 10.5. The Balaban J connectivity index is 2.89. The highest BCUT2D eigenvalue weighted by Gasteiger charge is 2.24. The Hall–Kier alpha value is -0.0600. The van der Waals surface area contributed by atoms with Crippen molar-refractivity contribution in [2.24, 2.45) is 7.05 Å². The van der Waals surface area contributed by atoms with Crippen molar-refractivity contribution in [3.63, 3.8) is 0 Å². The average Bonchev–Trinajstić information content (AvgIpc) is 2.45. The number of alkyl halides is 1. The van der Waals surface area contributed by atoms with Crippen LogP contribution < -0.4 is 0 Å². The molecule has 0 amide bonds. The summed E-state index contributed by atoms with van der Waals surface area (Å²) in [6.07, 6.45) is 0. The topological polar surface area (TPSA) is 21.1 Å². The number of aromatic nitrogens is 2. The summed E-state index contributed by atoms with van der Waals surface area (Å²) in [4.78, 5) is 2.27. The molecule has 0 atom stereocenters. The van der Waals surface area contributed by atoms with E-state index in [1.165, 1.54) is 0 Å². The van der Waals surface area contributed by atoms with Crippen LogP contribution in [0.5, 0.6) is 0 Å². The summed E-state index contributed by atoms with van der Waals surface area (Å²) in [6, 6.07) is 0. The molecule has 0 N–H and O–H groups in total. The van der Waals surface area contributed by atoms with Gasteiger partial charge in [0.05, 0.1) is 16.4 Å². The lowest BCUT2D eigenvalue weighted by atomic mass is 10.1. The molecular formula is C11H19BrClN3. The molecule has 0 aliphatic carbocycles. The first-order valence-corrected chi connectivity index (χ1v) is 6.74. The fraction of sp³-hybridized carbons (Fsp3) is 0.727. The lowest BCUT2D eigenvalue weighted by molar-refractivity contribution is 0.169. The maximum Gasteiger partial charge on any atom is 0.0860 e. The first kappa shape index (κ1) is 14.0. The molecule has 0 aromatic carbocycles. The zero-order chi connectivity index (χ0) is 12.5. The van der Waals surface area contributed by atoms with Crippen LogP contribution in [0.25, 0.3) is 0 Å². The maximum atomic E-state index is 6.23. The second-order valence-corrected chi connectivity index (χ2v) is 5.71. The third kappa shape index (κ3) is 2.79. The van der Waals surface area contributed by atoms with Gasteiger partial charge in [-0.2, -0.15) is 5.10 Å². The van der Waals surface area contributed by atoms with Crippen LogP contribution in [0.1, 0.15) is 25.2 Å². The molecule has 0 fully saturated rings. The summed E-state index contributed by atoms with van der Waals surface area (Å²) in [7, 11) is 4.03. The second kappa shape index (κ2) is 5.07. The van der Waals surface area contributed by atoms with Crippen LogP contribution in [0.3, 0.4) is 0 Å². The second-order valence-electron chi connectivity index (χ2n) is 4.77. The van der Waals surface area contributed by atoms with Gasteiger partial charge in [-0.25, -0.2) is 0 Å². The first-order chi connectivity index (χ1) is 7.29. The summed E-state index contributed by atoms with van der Waals surface area (Å²) in [6.45, 7) is 7.12. The molecule has 0 saturated carbocycles. The van der Waals surface area contributed by atoms with Crippen molar-refractivity contribution >= 4 is 27.5 Å². The van der Waals surface area contributed by atoms with Gasteiger partial charge >= 0.3 is 0 Å². The van der Waals surface area contributed by atoms with E-state index in [0.717, 1.165) is 28.3 Å². The maximum absolute atomic E-state index is 6.23. The minimum absolute atomic E-state index is 0.0987. The summed E-state index contributed by atoms with van der Waals surface area (Å²) in [5, 5.41) is 6.02. The third-order valence-corrected chi connectivity index (χ3v) is 4.87. The first-order valence-electron chi connectivity index (χ1n) is 5.24. The SMILES string of the molecule is Cc1nn(C)c(CN(C)C(C)(C)CBr)c1Cl. The Morgan fingerprint density at radius 1 is 1.50 bits per heavy atom. The van der Waals surface area contributed by atoms with E-state index in [9.17, 15) is 0 Å². The third-order valence-electron chi connectivity index (χ3n) is 3.01. The molecule has 1 heterocycles. The molecule has 0 aliphatic heterocycles. The summed E-state index contributed by atoms with van der Waals surface area (Å²) in [5.74, 6) is 0. The van der Waals surface area contributed by atoms with Crippen LogP contribution in [0, 0.1) is 6.92 Å². The van der Waals surface area contributed by atoms with Gasteiger partial charge in [0, 0.05) is 24.5 Å². The Morgan fingerprint density at radius 2 is 2.06 bits per heavy atom. The number of hydrogen-bond acceptors (Lipinski definition) is 2. The van der Waals surface area contributed by atoms with E-state index >= 15 is 0 Å². The number of halogens is 2. The standard InChI is InChI=1S/C11H19BrClN3/c1-8-10(13)9(16(5)14-8)6-15(4)11(2,3)7-12/h6-7H2,1-5H3. The molecule has 0 aliphatic rings. The van der Waals surface area contributed by atoms with Crippen molar-refractivity contribution in [1.29, 1.82) is 0 Å². The predicted octanol–water partition coefficient (Wildman–Crippen LogP) is 2.99. The van der Waals surface area contributed by atoms with Gasteiger partial charge in [-0.15, -0.1) is 0 Å². The smallest absolute Gasteiger partial charge is 0.0860 e. The number of aryl methyl sites for hydroxylation is 2. The van der Waals surface area contributed by atoms with Crippen LogP contribution in [-0.4, -0.2) is 32.6 Å². The monoisotopic (exact) mass is 307 g/mol. The summed E-state index contributed by atoms with van der Waals surface area (Å²) < 4.78 is 1.86. The van der Waals surface area contributed by atoms with E-state index in [1.807, 2.05) is 18.7 Å². The van der Waals surface area contributed by atoms with Gasteiger partial charge in [0.25, 0.3) is 0 Å². The van der Waals surface area contributed by atoms with Crippen molar-refractivity contribution in [3.05, 3.63) is 16.4 Å². The highest BCUT2D eigenvalue weighted by Crippen LogP contribution is 2.24. The molecule has 0 unspecified atom stereocenters. The normalized spacial score (nSPS) is 12.5. The molecule has 5 heteroatoms. The van der Waals surface area contributed by atoms with E-state index in [2.05, 4.69) is 46.8 Å². The molecule has 16 heavy (non-hydrogen) atoms. The molecule has 3 nitrogen and oxygen atoms in total. The Kier molecular flexibility index (Phi) is 4.43. The molecular weight excluding hydrogens is 289 g/mol. The summed E-state index contributed by atoms with van der Waals surface area (Å²) >= 11 is 9.76. The molecule has 92 valence electrons. The van der Waals surface area contributed by atoms with Gasteiger partial charge in [-0.3, -0.25) is 9.58 Å². The Labute approximate surface area is 111 Å². The average molecular weight is 309 g/mol. The molecule has 0 spiro atoms. The highest BCUT2D eigenvalue weighted by atomic mass is 79.9. The van der Waals surface area contributed by atoms with Crippen molar-refractivity contribution < 1.29 is 0 Å². The van der Waals surface area contributed by atoms with E-state index in [1.54, 1.807) is 0 Å². The number of rotatable bonds is 4. The van der Waals surface area contributed by atoms with Gasteiger partial charge in [0.2, 0.25) is 0 Å². The largest absolute Gasteiger partial charge is 0.295 e. The highest BCUT2D eigenvalue weighted by molar-refractivity contribution is 9.09. The van der Waals surface area contributed by atoms with Crippen LogP contribution in [0.15, 0.2) is 0 Å².